The Labute approximate surface area is 171 Å². The summed E-state index contributed by atoms with van der Waals surface area (Å²) in [6, 6.07) is 13.9. The molecule has 1 aromatic heterocycles. The van der Waals surface area contributed by atoms with Gasteiger partial charge in [-0.05, 0) is 29.8 Å². The summed E-state index contributed by atoms with van der Waals surface area (Å²) >= 11 is 6.17. The normalized spacial score (nSPS) is 21.0. The number of benzene rings is 1. The summed E-state index contributed by atoms with van der Waals surface area (Å²) in [5.74, 6) is 1.20. The van der Waals surface area contributed by atoms with E-state index in [1.54, 1.807) is 0 Å². The molecule has 0 radical (unpaired) electrons. The number of piperazine rings is 2. The van der Waals surface area contributed by atoms with Crippen LogP contribution in [0, 0.1) is 0 Å². The van der Waals surface area contributed by atoms with E-state index in [2.05, 4.69) is 26.2 Å². The molecule has 7 heteroatoms. The van der Waals surface area contributed by atoms with Crippen molar-refractivity contribution < 1.29 is 4.79 Å². The molecule has 3 heterocycles. The van der Waals surface area contributed by atoms with Gasteiger partial charge in [0.05, 0.1) is 12.6 Å². The van der Waals surface area contributed by atoms with Crippen molar-refractivity contribution in [3.05, 3.63) is 59.2 Å². The largest absolute Gasteiger partial charge is 0.354 e. The highest BCUT2D eigenvalue weighted by molar-refractivity contribution is 6.30. The molecule has 2 aliphatic heterocycles. The standard InChI is InChI=1S/C21H26ClN5O/c22-18-5-3-4-17(14-18)19-15-23-8-9-27(19)21(28)16-25-10-12-26(13-11-25)20-6-1-2-7-24-20/h1-7,14,19,23H,8-13,15-16H2. The number of nitrogens with one attached hydrogen (secondary N) is 1. The predicted octanol–water partition coefficient (Wildman–Crippen LogP) is 2.03. The van der Waals surface area contributed by atoms with Crippen molar-refractivity contribution >= 4 is 23.3 Å². The Morgan fingerprint density at radius 3 is 2.71 bits per heavy atom. The fourth-order valence-corrected chi connectivity index (χ4v) is 4.17. The molecule has 2 fully saturated rings. The number of aromatic nitrogens is 1. The lowest BCUT2D eigenvalue weighted by molar-refractivity contribution is -0.135. The van der Waals surface area contributed by atoms with Crippen molar-refractivity contribution in [3.8, 4) is 0 Å². The van der Waals surface area contributed by atoms with Crippen molar-refractivity contribution in [3.63, 3.8) is 0 Å². The van der Waals surface area contributed by atoms with Crippen LogP contribution in [0.2, 0.25) is 5.02 Å². The topological polar surface area (TPSA) is 51.7 Å². The van der Waals surface area contributed by atoms with Crippen molar-refractivity contribution in [2.45, 2.75) is 6.04 Å². The lowest BCUT2D eigenvalue weighted by atomic mass is 10.0. The van der Waals surface area contributed by atoms with Gasteiger partial charge in [-0.15, -0.1) is 0 Å². The quantitative estimate of drug-likeness (QED) is 0.852. The van der Waals surface area contributed by atoms with E-state index in [4.69, 9.17) is 11.6 Å². The summed E-state index contributed by atoms with van der Waals surface area (Å²) in [7, 11) is 0. The molecule has 0 spiro atoms. The van der Waals surface area contributed by atoms with Crippen LogP contribution in [0.4, 0.5) is 5.82 Å². The fraction of sp³-hybridized carbons (Fsp3) is 0.429. The van der Waals surface area contributed by atoms with Gasteiger partial charge in [0.2, 0.25) is 5.91 Å². The maximum absolute atomic E-state index is 13.1. The number of halogens is 1. The Morgan fingerprint density at radius 2 is 1.96 bits per heavy atom. The van der Waals surface area contributed by atoms with Gasteiger partial charge in [-0.2, -0.15) is 0 Å². The Hall–Kier alpha value is -2.15. The summed E-state index contributed by atoms with van der Waals surface area (Å²) in [4.78, 5) is 24.0. The van der Waals surface area contributed by atoms with Gasteiger partial charge in [-0.3, -0.25) is 9.69 Å². The first-order chi connectivity index (χ1) is 13.7. The van der Waals surface area contributed by atoms with Crippen LogP contribution in [0.3, 0.4) is 0 Å². The molecule has 0 aliphatic carbocycles. The number of carbonyl (C=O) groups is 1. The van der Waals surface area contributed by atoms with E-state index in [-0.39, 0.29) is 11.9 Å². The van der Waals surface area contributed by atoms with Crippen molar-refractivity contribution in [2.75, 3.05) is 57.3 Å². The van der Waals surface area contributed by atoms with E-state index >= 15 is 0 Å². The molecule has 148 valence electrons. The SMILES string of the molecule is O=C(CN1CCN(c2ccccn2)CC1)N1CCNCC1c1cccc(Cl)c1. The first-order valence-corrected chi connectivity index (χ1v) is 10.2. The molecule has 1 atom stereocenters. The monoisotopic (exact) mass is 399 g/mol. The molecule has 1 aromatic carbocycles. The summed E-state index contributed by atoms with van der Waals surface area (Å²) < 4.78 is 0. The second-order valence-electron chi connectivity index (χ2n) is 7.31. The third-order valence-electron chi connectivity index (χ3n) is 5.50. The van der Waals surface area contributed by atoms with Gasteiger partial charge in [0.25, 0.3) is 0 Å². The van der Waals surface area contributed by atoms with Crippen LogP contribution in [0.1, 0.15) is 11.6 Å². The smallest absolute Gasteiger partial charge is 0.237 e. The molecule has 0 bridgehead atoms. The van der Waals surface area contributed by atoms with Gasteiger partial charge in [0, 0.05) is 57.0 Å². The first-order valence-electron chi connectivity index (χ1n) is 9.85. The number of hydrogen-bond acceptors (Lipinski definition) is 5. The number of nitrogens with zero attached hydrogens (tertiary/aromatic N) is 4. The van der Waals surface area contributed by atoms with Gasteiger partial charge in [-0.1, -0.05) is 29.8 Å². The number of rotatable bonds is 4. The molecule has 2 aromatic rings. The van der Waals surface area contributed by atoms with Crippen LogP contribution < -0.4 is 10.2 Å². The van der Waals surface area contributed by atoms with Gasteiger partial charge in [0.15, 0.2) is 0 Å². The van der Waals surface area contributed by atoms with Crippen LogP contribution in [-0.4, -0.2) is 73.0 Å². The van der Waals surface area contributed by atoms with Crippen LogP contribution >= 0.6 is 11.6 Å². The summed E-state index contributed by atoms with van der Waals surface area (Å²) in [5.41, 5.74) is 1.09. The minimum Gasteiger partial charge on any atom is -0.354 e. The van der Waals surface area contributed by atoms with E-state index in [1.807, 2.05) is 47.5 Å². The van der Waals surface area contributed by atoms with Crippen LogP contribution in [0.25, 0.3) is 0 Å². The zero-order chi connectivity index (χ0) is 19.3. The third-order valence-corrected chi connectivity index (χ3v) is 5.74. The lowest BCUT2D eigenvalue weighted by Gasteiger charge is -2.39. The molecule has 28 heavy (non-hydrogen) atoms. The molecule has 1 unspecified atom stereocenters. The van der Waals surface area contributed by atoms with Gasteiger partial charge in [-0.25, -0.2) is 4.98 Å². The summed E-state index contributed by atoms with van der Waals surface area (Å²) in [6.07, 6.45) is 1.83. The van der Waals surface area contributed by atoms with E-state index in [1.165, 1.54) is 0 Å². The number of amides is 1. The molecule has 2 saturated heterocycles. The summed E-state index contributed by atoms with van der Waals surface area (Å²) in [6.45, 7) is 6.31. The van der Waals surface area contributed by atoms with E-state index in [9.17, 15) is 4.79 Å². The van der Waals surface area contributed by atoms with Crippen LogP contribution in [0.5, 0.6) is 0 Å². The van der Waals surface area contributed by atoms with Crippen LogP contribution in [-0.2, 0) is 4.79 Å². The van der Waals surface area contributed by atoms with Crippen molar-refractivity contribution in [1.82, 2.24) is 20.1 Å². The Morgan fingerprint density at radius 1 is 1.11 bits per heavy atom. The summed E-state index contributed by atoms with van der Waals surface area (Å²) in [5, 5.41) is 4.11. The molecule has 6 nitrogen and oxygen atoms in total. The van der Waals surface area contributed by atoms with Crippen molar-refractivity contribution in [2.24, 2.45) is 0 Å². The molecule has 1 amide bonds. The van der Waals surface area contributed by atoms with Crippen LogP contribution in [0.15, 0.2) is 48.7 Å². The highest BCUT2D eigenvalue weighted by atomic mass is 35.5. The average Bonchev–Trinajstić information content (AvgIpc) is 2.75. The minimum atomic E-state index is 0.0368. The second-order valence-corrected chi connectivity index (χ2v) is 7.75. The zero-order valence-corrected chi connectivity index (χ0v) is 16.7. The van der Waals surface area contributed by atoms with Crippen molar-refractivity contribution in [1.29, 1.82) is 0 Å². The Balaban J connectivity index is 1.36. The lowest BCUT2D eigenvalue weighted by Crippen LogP contribution is -2.54. The van der Waals surface area contributed by atoms with Gasteiger partial charge >= 0.3 is 0 Å². The number of pyridine rings is 1. The molecule has 1 N–H and O–H groups in total. The number of hydrogen-bond donors (Lipinski definition) is 1. The van der Waals surface area contributed by atoms with Gasteiger partial charge in [0.1, 0.15) is 5.82 Å². The molecular formula is C21H26ClN5O. The number of carbonyl (C=O) groups excluding carboxylic acids is 1. The third kappa shape index (κ3) is 4.46. The molecule has 2 aliphatic rings. The van der Waals surface area contributed by atoms with E-state index < -0.39 is 0 Å². The maximum atomic E-state index is 13.1. The van der Waals surface area contributed by atoms with E-state index in [0.29, 0.717) is 11.6 Å². The first kappa shape index (κ1) is 19.2. The average molecular weight is 400 g/mol. The molecular weight excluding hydrogens is 374 g/mol. The second kappa shape index (κ2) is 8.90. The Bertz CT molecular complexity index is 794. The van der Waals surface area contributed by atoms with Gasteiger partial charge < -0.3 is 15.1 Å². The zero-order valence-electron chi connectivity index (χ0n) is 15.9. The molecule has 4 rings (SSSR count). The fourth-order valence-electron chi connectivity index (χ4n) is 3.97. The highest BCUT2D eigenvalue weighted by Gasteiger charge is 2.29. The Kier molecular flexibility index (Phi) is 6.10. The highest BCUT2D eigenvalue weighted by Crippen LogP contribution is 2.25. The minimum absolute atomic E-state index is 0.0368. The molecule has 0 saturated carbocycles. The number of anilines is 1. The predicted molar refractivity (Wildman–Crippen MR) is 112 cm³/mol. The maximum Gasteiger partial charge on any atom is 0.237 e. The van der Waals surface area contributed by atoms with E-state index in [0.717, 1.165) is 57.2 Å².